The van der Waals surface area contributed by atoms with E-state index >= 15 is 0 Å². The lowest BCUT2D eigenvalue weighted by Crippen LogP contribution is -2.39. The number of carbonyl (C=O) groups is 2. The number of nitrogens with one attached hydrogen (secondary N) is 1. The molecule has 4 nitrogen and oxygen atoms in total. The van der Waals surface area contributed by atoms with Crippen molar-refractivity contribution in [2.75, 3.05) is 0 Å². The molecule has 4 rings (SSSR count). The molecule has 1 saturated carbocycles. The van der Waals surface area contributed by atoms with E-state index in [2.05, 4.69) is 23.2 Å². The number of nitrogens with zero attached hydrogens (tertiary/aromatic N) is 1. The predicted molar refractivity (Wildman–Crippen MR) is 115 cm³/mol. The molecule has 29 heavy (non-hydrogen) atoms. The van der Waals surface area contributed by atoms with E-state index in [0.717, 1.165) is 23.4 Å². The van der Waals surface area contributed by atoms with Crippen molar-refractivity contribution >= 4 is 17.3 Å². The van der Waals surface area contributed by atoms with Crippen LogP contribution in [-0.4, -0.2) is 22.6 Å². The zero-order valence-electron chi connectivity index (χ0n) is 17.2. The Bertz CT molecular complexity index is 942. The van der Waals surface area contributed by atoms with Crippen LogP contribution < -0.4 is 5.32 Å². The summed E-state index contributed by atoms with van der Waals surface area (Å²) in [6.45, 7) is 4.42. The summed E-state index contributed by atoms with van der Waals surface area (Å²) < 4.78 is 0. The van der Waals surface area contributed by atoms with Gasteiger partial charge < -0.3 is 10.2 Å². The lowest BCUT2D eigenvalue weighted by atomic mass is 9.91. The second-order valence-electron chi connectivity index (χ2n) is 8.11. The fraction of sp³-hybridized carbons (Fsp3) is 0.360. The highest BCUT2D eigenvalue weighted by Gasteiger charge is 2.32. The average Bonchev–Trinajstić information content (AvgIpc) is 3.26. The Morgan fingerprint density at radius 1 is 1.00 bits per heavy atom. The normalized spacial score (nSPS) is 17.8. The fourth-order valence-corrected chi connectivity index (χ4v) is 4.72. The van der Waals surface area contributed by atoms with E-state index < -0.39 is 6.04 Å². The number of rotatable bonds is 5. The van der Waals surface area contributed by atoms with Crippen LogP contribution in [-0.2, 0) is 16.1 Å². The van der Waals surface area contributed by atoms with Crippen LogP contribution in [0.1, 0.15) is 62.3 Å². The second kappa shape index (κ2) is 8.24. The van der Waals surface area contributed by atoms with Gasteiger partial charge in [-0.3, -0.25) is 9.59 Å². The molecule has 1 aliphatic carbocycles. The van der Waals surface area contributed by atoms with Gasteiger partial charge in [-0.05, 0) is 43.4 Å². The zero-order chi connectivity index (χ0) is 20.4. The molecule has 4 heteroatoms. The van der Waals surface area contributed by atoms with E-state index in [4.69, 9.17) is 0 Å². The number of Topliss-reactive ketones (excluding diaryl/α,β-unsaturated/α-hetero) is 1. The van der Waals surface area contributed by atoms with E-state index in [1.165, 1.54) is 38.2 Å². The molecule has 0 radical (unpaired) electrons. The molecule has 1 fully saturated rings. The third-order valence-electron chi connectivity index (χ3n) is 6.23. The Balaban J connectivity index is 1.70. The third kappa shape index (κ3) is 3.84. The molecule has 2 aliphatic rings. The fourth-order valence-electron chi connectivity index (χ4n) is 4.72. The van der Waals surface area contributed by atoms with Crippen molar-refractivity contribution in [3.05, 3.63) is 77.0 Å². The molecule has 1 aliphatic heterocycles. The summed E-state index contributed by atoms with van der Waals surface area (Å²) in [5, 5.41) is 3.01. The average molecular weight is 389 g/mol. The van der Waals surface area contributed by atoms with E-state index in [1.54, 1.807) is 0 Å². The molecule has 0 saturated heterocycles. The Kier molecular flexibility index (Phi) is 5.52. The number of allylic oxidation sites excluding steroid dienone is 1. The monoisotopic (exact) mass is 388 g/mol. The molecule has 1 N–H and O–H groups in total. The Hall–Kier alpha value is -2.88. The SMILES string of the molecule is CC(=O)[C@@H](NC(=O)C1=C(C)N(C2CCCC2)Cc2ccccc21)c1ccccc1. The smallest absolute Gasteiger partial charge is 0.254 e. The van der Waals surface area contributed by atoms with Crippen molar-refractivity contribution in [3.63, 3.8) is 0 Å². The van der Waals surface area contributed by atoms with Crippen LogP contribution in [0.15, 0.2) is 60.3 Å². The van der Waals surface area contributed by atoms with E-state index in [-0.39, 0.29) is 11.7 Å². The first kappa shape index (κ1) is 19.4. The van der Waals surface area contributed by atoms with Crippen LogP contribution in [0.4, 0.5) is 0 Å². The van der Waals surface area contributed by atoms with Gasteiger partial charge in [-0.25, -0.2) is 0 Å². The first-order valence-corrected chi connectivity index (χ1v) is 10.5. The minimum Gasteiger partial charge on any atom is -0.367 e. The van der Waals surface area contributed by atoms with Crippen molar-refractivity contribution in [2.24, 2.45) is 0 Å². The largest absolute Gasteiger partial charge is 0.367 e. The molecule has 1 amide bonds. The van der Waals surface area contributed by atoms with Crippen LogP contribution in [0.3, 0.4) is 0 Å². The van der Waals surface area contributed by atoms with Gasteiger partial charge in [-0.2, -0.15) is 0 Å². The van der Waals surface area contributed by atoms with Gasteiger partial charge in [0.2, 0.25) is 0 Å². The summed E-state index contributed by atoms with van der Waals surface area (Å²) in [6, 6.07) is 17.4. The van der Waals surface area contributed by atoms with Crippen molar-refractivity contribution in [1.82, 2.24) is 10.2 Å². The first-order chi connectivity index (χ1) is 14.1. The summed E-state index contributed by atoms with van der Waals surface area (Å²) in [5.74, 6) is -0.249. The molecule has 1 heterocycles. The summed E-state index contributed by atoms with van der Waals surface area (Å²) in [5.41, 5.74) is 4.68. The molecular formula is C25H28N2O2. The minimum absolute atomic E-state index is 0.0699. The Morgan fingerprint density at radius 2 is 1.66 bits per heavy atom. The molecule has 150 valence electrons. The van der Waals surface area contributed by atoms with Crippen molar-refractivity contribution < 1.29 is 9.59 Å². The number of amides is 1. The molecule has 1 atom stereocenters. The molecule has 0 spiro atoms. The van der Waals surface area contributed by atoms with Crippen molar-refractivity contribution in [3.8, 4) is 0 Å². The van der Waals surface area contributed by atoms with Crippen LogP contribution in [0.2, 0.25) is 0 Å². The molecule has 2 aromatic carbocycles. The number of benzene rings is 2. The number of hydrogen-bond donors (Lipinski definition) is 1. The van der Waals surface area contributed by atoms with Gasteiger partial charge in [0, 0.05) is 18.3 Å². The van der Waals surface area contributed by atoms with Crippen LogP contribution in [0.25, 0.3) is 5.57 Å². The Morgan fingerprint density at radius 3 is 2.34 bits per heavy atom. The maximum atomic E-state index is 13.5. The minimum atomic E-state index is -0.641. The van der Waals surface area contributed by atoms with Crippen LogP contribution in [0.5, 0.6) is 0 Å². The van der Waals surface area contributed by atoms with Gasteiger partial charge in [0.05, 0.1) is 5.57 Å². The number of ketones is 1. The zero-order valence-corrected chi connectivity index (χ0v) is 17.2. The summed E-state index contributed by atoms with van der Waals surface area (Å²) in [4.78, 5) is 28.2. The van der Waals surface area contributed by atoms with Gasteiger partial charge in [-0.15, -0.1) is 0 Å². The van der Waals surface area contributed by atoms with Crippen molar-refractivity contribution in [1.29, 1.82) is 0 Å². The first-order valence-electron chi connectivity index (χ1n) is 10.5. The molecule has 2 aromatic rings. The van der Waals surface area contributed by atoms with Gasteiger partial charge in [0.15, 0.2) is 5.78 Å². The highest BCUT2D eigenvalue weighted by molar-refractivity contribution is 6.21. The van der Waals surface area contributed by atoms with Crippen molar-refractivity contribution in [2.45, 2.75) is 58.2 Å². The lowest BCUT2D eigenvalue weighted by Gasteiger charge is -2.38. The molecular weight excluding hydrogens is 360 g/mol. The topological polar surface area (TPSA) is 49.4 Å². The Labute approximate surface area is 172 Å². The molecule has 0 bridgehead atoms. The number of fused-ring (bicyclic) bond motifs is 1. The maximum Gasteiger partial charge on any atom is 0.254 e. The second-order valence-corrected chi connectivity index (χ2v) is 8.11. The summed E-state index contributed by atoms with van der Waals surface area (Å²) in [7, 11) is 0. The van der Waals surface area contributed by atoms with Crippen LogP contribution in [0, 0.1) is 0 Å². The third-order valence-corrected chi connectivity index (χ3v) is 6.23. The van der Waals surface area contributed by atoms with E-state index in [0.29, 0.717) is 11.6 Å². The number of hydrogen-bond acceptors (Lipinski definition) is 3. The van der Waals surface area contributed by atoms with Gasteiger partial charge in [0.25, 0.3) is 5.91 Å². The van der Waals surface area contributed by atoms with Crippen LogP contribution >= 0.6 is 0 Å². The predicted octanol–water partition coefficient (Wildman–Crippen LogP) is 4.62. The summed E-state index contributed by atoms with van der Waals surface area (Å²) in [6.07, 6.45) is 4.85. The number of carbonyl (C=O) groups excluding carboxylic acids is 2. The molecule has 0 aromatic heterocycles. The highest BCUT2D eigenvalue weighted by Crippen LogP contribution is 2.37. The lowest BCUT2D eigenvalue weighted by molar-refractivity contribution is -0.124. The molecule has 0 unspecified atom stereocenters. The quantitative estimate of drug-likeness (QED) is 0.813. The standard InChI is InChI=1S/C25H28N2O2/c1-17-23(25(29)26-24(18(2)28)19-10-4-3-5-11-19)22-15-9-6-12-20(22)16-27(17)21-13-7-8-14-21/h3-6,9-12,15,21,24H,7-8,13-14,16H2,1-2H3,(H,26,29)/t24-/m1/s1. The van der Waals surface area contributed by atoms with Gasteiger partial charge >= 0.3 is 0 Å². The van der Waals surface area contributed by atoms with E-state index in [1.807, 2.05) is 48.5 Å². The van der Waals surface area contributed by atoms with Gasteiger partial charge in [-0.1, -0.05) is 67.4 Å². The summed E-state index contributed by atoms with van der Waals surface area (Å²) >= 11 is 0. The van der Waals surface area contributed by atoms with E-state index in [9.17, 15) is 9.59 Å². The highest BCUT2D eigenvalue weighted by atomic mass is 16.2. The maximum absolute atomic E-state index is 13.5. The van der Waals surface area contributed by atoms with Gasteiger partial charge in [0.1, 0.15) is 6.04 Å².